The normalized spacial score (nSPS) is 20.0. The zero-order chi connectivity index (χ0) is 102. The van der Waals surface area contributed by atoms with Crippen molar-refractivity contribution in [2.45, 2.75) is 440 Å². The number of rotatable bonds is 0. The van der Waals surface area contributed by atoms with Crippen molar-refractivity contribution in [2.24, 2.45) is 0 Å². The number of aromatic nitrogens is 6. The van der Waals surface area contributed by atoms with E-state index in [4.69, 9.17) is 0 Å². The molecule has 15 heterocycles. The van der Waals surface area contributed by atoms with Gasteiger partial charge in [0.05, 0.1) is 0 Å². The van der Waals surface area contributed by atoms with Crippen molar-refractivity contribution in [1.29, 1.82) is 0 Å². The molecule has 6 unspecified atom stereocenters. The fourth-order valence-corrected chi connectivity index (χ4v) is 24.5. The Hall–Kier alpha value is -9.78. The van der Waals surface area contributed by atoms with Gasteiger partial charge in [0, 0.05) is 194 Å². The van der Waals surface area contributed by atoms with Gasteiger partial charge < -0.3 is 0 Å². The summed E-state index contributed by atoms with van der Waals surface area (Å²) in [6.07, 6.45) is 85.5. The van der Waals surface area contributed by atoms with E-state index < -0.39 is 0 Å². The topological polar surface area (TPSA) is 23.3 Å². The molecule has 6 atom stereocenters. The Balaban J connectivity index is 0.000000211. The first-order valence-electron chi connectivity index (χ1n) is 57.6. The average molecular weight is 1860 g/mol. The molecule has 15 aliphatic carbocycles. The van der Waals surface area contributed by atoms with Crippen molar-refractivity contribution >= 4 is 69.9 Å². The molecule has 3 saturated carbocycles. The number of hydrogen-bond acceptors (Lipinski definition) is 0. The lowest BCUT2D eigenvalue weighted by Gasteiger charge is -2.07. The van der Waals surface area contributed by atoms with Gasteiger partial charge in [0.2, 0.25) is 34.2 Å². The van der Waals surface area contributed by atoms with E-state index >= 15 is 0 Å². The predicted molar refractivity (Wildman–Crippen MR) is 608 cm³/mol. The SMILES string of the molecule is C1=CC2=C(C1)c1c3c(cc4[n+]1C2CC4)C=CC3.C1=CC2=C(C1)c1c3c(cc4[n+]1C2CC4)CC=C3.C1=CC2=C(C1)c1cc3c(c4[n+]1C2CC4)C=CC3.C1=Cc2c(cc[n+]3c2C2=C4C(=CC2)CCC43)C1.C1=Cc2c[n+]3c(cc2C1)C1=C2C(=CC1)CCC23.C1=Cc2cc[n+]3c(c2C1)C1=C2C(=CC1)CCC23.CC.CC.CC.CC.CC.CC.CC.CC.CC.CC.CC.CC.CC.CC.CC.CC.CC.CC. The van der Waals surface area contributed by atoms with E-state index in [-0.39, 0.29) is 0 Å². The van der Waals surface area contributed by atoms with Gasteiger partial charge in [-0.15, -0.1) is 0 Å². The maximum absolute atomic E-state index is 2.64. The van der Waals surface area contributed by atoms with E-state index in [1.807, 2.05) is 249 Å². The molecule has 744 valence electrons. The highest BCUT2D eigenvalue weighted by Gasteiger charge is 2.53. The number of pyridine rings is 6. The first kappa shape index (κ1) is 115. The number of aryl methyl sites for hydroxylation is 2. The molecule has 9 aliphatic heterocycles. The highest BCUT2D eigenvalue weighted by molar-refractivity contribution is 5.86. The summed E-state index contributed by atoms with van der Waals surface area (Å²) < 4.78 is 15.5. The Labute approximate surface area is 845 Å². The Morgan fingerprint density at radius 3 is 1.14 bits per heavy atom. The smallest absolute Gasteiger partial charge is 0.191 e. The van der Waals surface area contributed by atoms with Crippen molar-refractivity contribution in [2.75, 3.05) is 0 Å². The quantitative estimate of drug-likeness (QED) is 0.135. The maximum Gasteiger partial charge on any atom is 0.217 e. The molecule has 6 nitrogen and oxygen atoms in total. The van der Waals surface area contributed by atoms with E-state index in [0.29, 0.717) is 36.3 Å². The van der Waals surface area contributed by atoms with Gasteiger partial charge in [-0.1, -0.05) is 377 Å². The van der Waals surface area contributed by atoms with Crippen LogP contribution < -0.4 is 27.4 Å². The standard InChI is InChI=1S/6C16H14N.18C2H6/c2*1-3-10-9-11-7-8-15-13-5-2-6-14(13)16(17(11)15)12(10)4-1;1-3-10-9-16-13-6-2-5-12(13)15-8-7-14(17(15)16)11(10)4-1;1-2-11-8-15-13-6-4-10-5-7-14(16(10)13)17(15)9-12(11)3-1;2*1-2-10-8-9-17-14-7-5-11-4-6-13(15(11)14)16(17)12(10)3-1;18*1-2/h1-2,4-5,9,15H,3,6-8H2;1-3,5,9,15H,4,6-8H2;1-2,4-5,9,15H,3,6-8H2;2*1,3-4,8-9,14H,2,5-7H2;1-2,4,8-9,14H,3,5-7H2;18*1-2H3/q6*+1;;;;;;;;;;;;;;;;;;. The summed E-state index contributed by atoms with van der Waals surface area (Å²) in [6.45, 7) is 72.0. The van der Waals surface area contributed by atoms with Crippen molar-refractivity contribution in [3.63, 3.8) is 0 Å². The van der Waals surface area contributed by atoms with Gasteiger partial charge in [-0.25, -0.2) is 0 Å². The summed E-state index contributed by atoms with van der Waals surface area (Å²) in [5, 5.41) is 0. The van der Waals surface area contributed by atoms with Crippen LogP contribution in [0.1, 0.15) is 500 Å². The third-order valence-corrected chi connectivity index (χ3v) is 28.5. The molecule has 24 aliphatic rings. The van der Waals surface area contributed by atoms with Crippen molar-refractivity contribution in [3.05, 3.63) is 314 Å². The van der Waals surface area contributed by atoms with Gasteiger partial charge in [0.1, 0.15) is 0 Å². The molecule has 3 fully saturated rings. The number of allylic oxidation sites excluding steroid dienone is 30. The maximum atomic E-state index is 2.64. The molecular weight excluding hydrogens is 1670 g/mol. The van der Waals surface area contributed by atoms with Crippen LogP contribution in [0.2, 0.25) is 0 Å². The fourth-order valence-electron chi connectivity index (χ4n) is 24.5. The third kappa shape index (κ3) is 21.0. The van der Waals surface area contributed by atoms with Gasteiger partial charge in [-0.05, 0) is 146 Å². The Morgan fingerprint density at radius 2 is 0.594 bits per heavy atom. The molecule has 0 bridgehead atoms. The minimum Gasteiger partial charge on any atom is -0.191 e. The molecular formula is C132H192N6+6. The number of nitrogens with zero attached hydrogens (tertiary/aromatic N) is 6. The van der Waals surface area contributed by atoms with Crippen LogP contribution in [-0.4, -0.2) is 0 Å². The van der Waals surface area contributed by atoms with Gasteiger partial charge in [-0.3, -0.25) is 0 Å². The summed E-state index contributed by atoms with van der Waals surface area (Å²) in [7, 11) is 0. The summed E-state index contributed by atoms with van der Waals surface area (Å²) in [6, 6.07) is 18.4. The van der Waals surface area contributed by atoms with Crippen LogP contribution in [0.5, 0.6) is 0 Å². The van der Waals surface area contributed by atoms with Crippen molar-refractivity contribution in [3.8, 4) is 0 Å². The van der Waals surface area contributed by atoms with E-state index in [0.717, 1.165) is 57.8 Å². The third-order valence-electron chi connectivity index (χ3n) is 28.5. The van der Waals surface area contributed by atoms with Crippen LogP contribution in [0.25, 0.3) is 69.9 Å². The molecule has 6 heteroatoms. The van der Waals surface area contributed by atoms with Gasteiger partial charge in [0.15, 0.2) is 71.9 Å². The van der Waals surface area contributed by atoms with Crippen LogP contribution in [0.3, 0.4) is 0 Å². The number of fused-ring (bicyclic) bond motifs is 26. The second-order valence-electron chi connectivity index (χ2n) is 33.0. The van der Waals surface area contributed by atoms with Crippen LogP contribution in [0.15, 0.2) is 196 Å². The van der Waals surface area contributed by atoms with E-state index in [9.17, 15) is 0 Å². The molecule has 0 spiro atoms. The lowest BCUT2D eigenvalue weighted by atomic mass is 9.98. The predicted octanol–water partition coefficient (Wildman–Crippen LogP) is 35.7. The van der Waals surface area contributed by atoms with Crippen LogP contribution in [0, 0.1) is 0 Å². The zero-order valence-corrected chi connectivity index (χ0v) is 94.4. The first-order valence-corrected chi connectivity index (χ1v) is 57.6. The molecule has 0 N–H and O–H groups in total. The molecule has 0 aromatic carbocycles. The Bertz CT molecular complexity index is 5770. The summed E-state index contributed by atoms with van der Waals surface area (Å²) >= 11 is 0. The monoisotopic (exact) mass is 1860 g/mol. The largest absolute Gasteiger partial charge is 0.217 e. The van der Waals surface area contributed by atoms with E-state index in [1.165, 1.54) is 158 Å². The van der Waals surface area contributed by atoms with Crippen LogP contribution in [0.4, 0.5) is 0 Å². The highest BCUT2D eigenvalue weighted by Crippen LogP contribution is 2.56. The van der Waals surface area contributed by atoms with Crippen molar-refractivity contribution < 1.29 is 27.4 Å². The summed E-state index contributed by atoms with van der Waals surface area (Å²) in [5.74, 6) is 0. The lowest BCUT2D eigenvalue weighted by Crippen LogP contribution is -2.39. The minimum atomic E-state index is 0.660. The Morgan fingerprint density at radius 1 is 0.232 bits per heavy atom. The minimum absolute atomic E-state index is 0.660. The molecule has 0 saturated heterocycles. The molecule has 0 radical (unpaired) electrons. The van der Waals surface area contributed by atoms with Crippen molar-refractivity contribution in [1.82, 2.24) is 0 Å². The second kappa shape index (κ2) is 57.2. The molecule has 6 aromatic rings. The molecule has 6 aromatic heterocycles. The van der Waals surface area contributed by atoms with Gasteiger partial charge >= 0.3 is 0 Å². The van der Waals surface area contributed by atoms with Gasteiger partial charge in [0.25, 0.3) is 0 Å². The van der Waals surface area contributed by atoms with Crippen LogP contribution in [-0.2, 0) is 57.8 Å². The number of hydrogen-bond donors (Lipinski definition) is 0. The first-order chi connectivity index (χ1) is 68.6. The molecule has 0 amide bonds. The van der Waals surface area contributed by atoms with E-state index in [2.05, 4.69) is 210 Å². The average Bonchev–Trinajstić information content (AvgIpc) is 1.57. The van der Waals surface area contributed by atoms with E-state index in [1.54, 1.807) is 140 Å². The zero-order valence-electron chi connectivity index (χ0n) is 94.4. The second-order valence-corrected chi connectivity index (χ2v) is 33.0. The molecule has 138 heavy (non-hydrogen) atoms. The highest BCUT2D eigenvalue weighted by atomic mass is 15.1. The van der Waals surface area contributed by atoms with Gasteiger partial charge in [-0.2, -0.15) is 27.4 Å². The fraction of sp³-hybridized carbons (Fsp3) is 0.500. The summed E-state index contributed by atoms with van der Waals surface area (Å²) in [4.78, 5) is 0. The van der Waals surface area contributed by atoms with Crippen LogP contribution >= 0.6 is 0 Å². The summed E-state index contributed by atoms with van der Waals surface area (Å²) in [5.41, 5.74) is 56.6. The molecule has 30 rings (SSSR count). The lowest BCUT2D eigenvalue weighted by molar-refractivity contribution is -0.710. The Kier molecular flexibility index (Phi) is 47.8.